The standard InChI is InChI=1S/C13H12ClN3O/c1-9-2-4-15-6-10(9)7-17-13(18)11-3-5-16-8-12(11)14/h2-6,8H,7H2,1H3,(H,17,18). The molecule has 0 aliphatic carbocycles. The second-order valence-electron chi connectivity index (χ2n) is 3.84. The minimum absolute atomic E-state index is 0.217. The predicted octanol–water partition coefficient (Wildman–Crippen LogP) is 2.37. The monoisotopic (exact) mass is 261 g/mol. The molecule has 2 aromatic heterocycles. The maximum atomic E-state index is 11.9. The van der Waals surface area contributed by atoms with Crippen molar-refractivity contribution in [3.05, 3.63) is 58.6 Å². The molecule has 2 heterocycles. The van der Waals surface area contributed by atoms with Crippen molar-refractivity contribution in [1.29, 1.82) is 0 Å². The Morgan fingerprint density at radius 3 is 2.72 bits per heavy atom. The Balaban J connectivity index is 2.06. The number of hydrogen-bond acceptors (Lipinski definition) is 3. The van der Waals surface area contributed by atoms with Gasteiger partial charge in [-0.3, -0.25) is 14.8 Å². The first-order valence-corrected chi connectivity index (χ1v) is 5.83. The highest BCUT2D eigenvalue weighted by Crippen LogP contribution is 2.13. The van der Waals surface area contributed by atoms with E-state index in [9.17, 15) is 4.79 Å². The highest BCUT2D eigenvalue weighted by molar-refractivity contribution is 6.33. The summed E-state index contributed by atoms with van der Waals surface area (Å²) >= 11 is 5.90. The smallest absolute Gasteiger partial charge is 0.253 e. The van der Waals surface area contributed by atoms with Crippen LogP contribution in [-0.4, -0.2) is 15.9 Å². The fourth-order valence-corrected chi connectivity index (χ4v) is 1.72. The molecule has 0 fully saturated rings. The van der Waals surface area contributed by atoms with Crippen LogP contribution in [0.1, 0.15) is 21.5 Å². The van der Waals surface area contributed by atoms with E-state index in [0.717, 1.165) is 11.1 Å². The zero-order chi connectivity index (χ0) is 13.0. The zero-order valence-corrected chi connectivity index (χ0v) is 10.6. The second-order valence-corrected chi connectivity index (χ2v) is 4.25. The Bertz CT molecular complexity index is 572. The minimum Gasteiger partial charge on any atom is -0.348 e. The molecular formula is C13H12ClN3O. The lowest BCUT2D eigenvalue weighted by Crippen LogP contribution is -2.23. The van der Waals surface area contributed by atoms with Crippen molar-refractivity contribution >= 4 is 17.5 Å². The predicted molar refractivity (Wildman–Crippen MR) is 69.4 cm³/mol. The van der Waals surface area contributed by atoms with Crippen molar-refractivity contribution in [2.24, 2.45) is 0 Å². The third kappa shape index (κ3) is 2.84. The summed E-state index contributed by atoms with van der Waals surface area (Å²) in [6.07, 6.45) is 6.45. The maximum Gasteiger partial charge on any atom is 0.253 e. The SMILES string of the molecule is Cc1ccncc1CNC(=O)c1ccncc1Cl. The van der Waals surface area contributed by atoms with E-state index in [4.69, 9.17) is 11.6 Å². The van der Waals surface area contributed by atoms with Gasteiger partial charge in [-0.25, -0.2) is 0 Å². The van der Waals surface area contributed by atoms with Crippen molar-refractivity contribution in [2.75, 3.05) is 0 Å². The molecule has 0 aliphatic heterocycles. The normalized spacial score (nSPS) is 10.1. The number of hydrogen-bond donors (Lipinski definition) is 1. The average Bonchev–Trinajstić information content (AvgIpc) is 2.38. The van der Waals surface area contributed by atoms with Crippen LogP contribution >= 0.6 is 11.6 Å². The molecule has 0 saturated carbocycles. The van der Waals surface area contributed by atoms with Gasteiger partial charge in [-0.15, -0.1) is 0 Å². The quantitative estimate of drug-likeness (QED) is 0.923. The molecule has 0 atom stereocenters. The first-order valence-electron chi connectivity index (χ1n) is 5.45. The molecule has 1 N–H and O–H groups in total. The van der Waals surface area contributed by atoms with E-state index in [0.29, 0.717) is 17.1 Å². The van der Waals surface area contributed by atoms with Gasteiger partial charge in [-0.1, -0.05) is 11.6 Å². The van der Waals surface area contributed by atoms with Crippen LogP contribution in [0.25, 0.3) is 0 Å². The Kier molecular flexibility index (Phi) is 3.89. The number of amides is 1. The molecule has 0 saturated heterocycles. The fraction of sp³-hybridized carbons (Fsp3) is 0.154. The summed E-state index contributed by atoms with van der Waals surface area (Å²) in [4.78, 5) is 19.8. The summed E-state index contributed by atoms with van der Waals surface area (Å²) in [5, 5.41) is 3.15. The van der Waals surface area contributed by atoms with Crippen LogP contribution < -0.4 is 5.32 Å². The molecule has 2 aromatic rings. The lowest BCUT2D eigenvalue weighted by Gasteiger charge is -2.08. The van der Waals surface area contributed by atoms with E-state index in [1.54, 1.807) is 18.5 Å². The highest BCUT2D eigenvalue weighted by atomic mass is 35.5. The van der Waals surface area contributed by atoms with Gasteiger partial charge in [0.05, 0.1) is 10.6 Å². The molecule has 92 valence electrons. The number of nitrogens with one attached hydrogen (secondary N) is 1. The van der Waals surface area contributed by atoms with E-state index in [-0.39, 0.29) is 5.91 Å². The summed E-state index contributed by atoms with van der Waals surface area (Å²) in [5.74, 6) is -0.217. The van der Waals surface area contributed by atoms with Gasteiger partial charge < -0.3 is 5.32 Å². The maximum absolute atomic E-state index is 11.9. The third-order valence-electron chi connectivity index (χ3n) is 2.60. The van der Waals surface area contributed by atoms with Gasteiger partial charge in [-0.05, 0) is 30.2 Å². The van der Waals surface area contributed by atoms with E-state index in [2.05, 4.69) is 15.3 Å². The highest BCUT2D eigenvalue weighted by Gasteiger charge is 2.09. The Labute approximate surface area is 110 Å². The average molecular weight is 262 g/mol. The summed E-state index contributed by atoms with van der Waals surface area (Å²) in [6, 6.07) is 3.49. The van der Waals surface area contributed by atoms with Crippen molar-refractivity contribution in [3.8, 4) is 0 Å². The summed E-state index contributed by atoms with van der Waals surface area (Å²) in [5.41, 5.74) is 2.50. The first kappa shape index (κ1) is 12.5. The van der Waals surface area contributed by atoms with Crippen LogP contribution in [0, 0.1) is 6.92 Å². The number of aryl methyl sites for hydroxylation is 1. The number of nitrogens with zero attached hydrogens (tertiary/aromatic N) is 2. The Hall–Kier alpha value is -1.94. The van der Waals surface area contributed by atoms with Gasteiger partial charge in [0.1, 0.15) is 0 Å². The molecule has 0 unspecified atom stereocenters. The number of rotatable bonds is 3. The Morgan fingerprint density at radius 1 is 1.28 bits per heavy atom. The fourth-order valence-electron chi connectivity index (χ4n) is 1.51. The summed E-state index contributed by atoms with van der Waals surface area (Å²) in [7, 11) is 0. The molecule has 0 aliphatic rings. The van der Waals surface area contributed by atoms with Crippen molar-refractivity contribution in [3.63, 3.8) is 0 Å². The van der Waals surface area contributed by atoms with E-state index in [1.165, 1.54) is 12.4 Å². The first-order chi connectivity index (χ1) is 8.68. The Morgan fingerprint density at radius 2 is 2.00 bits per heavy atom. The van der Waals surface area contributed by atoms with Crippen molar-refractivity contribution < 1.29 is 4.79 Å². The molecule has 4 nitrogen and oxygen atoms in total. The van der Waals surface area contributed by atoms with Crippen molar-refractivity contribution in [2.45, 2.75) is 13.5 Å². The number of carbonyl (C=O) groups is 1. The van der Waals surface area contributed by atoms with Crippen LogP contribution in [0.5, 0.6) is 0 Å². The molecule has 1 amide bonds. The molecule has 18 heavy (non-hydrogen) atoms. The van der Waals surface area contributed by atoms with Gasteiger partial charge in [0.2, 0.25) is 0 Å². The van der Waals surface area contributed by atoms with Crippen LogP contribution in [-0.2, 0) is 6.54 Å². The van der Waals surface area contributed by atoms with Crippen LogP contribution in [0.2, 0.25) is 5.02 Å². The molecular weight excluding hydrogens is 250 g/mol. The molecule has 0 aromatic carbocycles. The topological polar surface area (TPSA) is 54.9 Å². The van der Waals surface area contributed by atoms with Gasteiger partial charge in [-0.2, -0.15) is 0 Å². The summed E-state index contributed by atoms with van der Waals surface area (Å²) < 4.78 is 0. The van der Waals surface area contributed by atoms with Gasteiger partial charge >= 0.3 is 0 Å². The molecule has 0 spiro atoms. The van der Waals surface area contributed by atoms with E-state index in [1.807, 2.05) is 13.0 Å². The number of pyridine rings is 2. The zero-order valence-electron chi connectivity index (χ0n) is 9.85. The van der Waals surface area contributed by atoms with Crippen molar-refractivity contribution in [1.82, 2.24) is 15.3 Å². The molecule has 0 radical (unpaired) electrons. The number of carbonyl (C=O) groups excluding carboxylic acids is 1. The number of halogens is 1. The van der Waals surface area contributed by atoms with Gasteiger partial charge in [0.25, 0.3) is 5.91 Å². The molecule has 5 heteroatoms. The number of aromatic nitrogens is 2. The molecule has 0 bridgehead atoms. The summed E-state index contributed by atoms with van der Waals surface area (Å²) in [6.45, 7) is 2.40. The van der Waals surface area contributed by atoms with Gasteiger partial charge in [0.15, 0.2) is 0 Å². The minimum atomic E-state index is -0.217. The lowest BCUT2D eigenvalue weighted by molar-refractivity contribution is 0.0951. The van der Waals surface area contributed by atoms with E-state index < -0.39 is 0 Å². The van der Waals surface area contributed by atoms with Crippen LogP contribution in [0.4, 0.5) is 0 Å². The lowest BCUT2D eigenvalue weighted by atomic mass is 10.1. The second kappa shape index (κ2) is 5.60. The van der Waals surface area contributed by atoms with Crippen LogP contribution in [0.3, 0.4) is 0 Å². The largest absolute Gasteiger partial charge is 0.348 e. The van der Waals surface area contributed by atoms with E-state index >= 15 is 0 Å². The molecule has 2 rings (SSSR count). The third-order valence-corrected chi connectivity index (χ3v) is 2.91. The van der Waals surface area contributed by atoms with Gasteiger partial charge in [0, 0.05) is 31.3 Å². The van der Waals surface area contributed by atoms with Crippen LogP contribution in [0.15, 0.2) is 36.9 Å².